The number of Topliss-reactive ketones (excluding diaryl/α,β-unsaturated/α-hetero) is 2. The zero-order valence-corrected chi connectivity index (χ0v) is 15.2. The first-order valence-electron chi connectivity index (χ1n) is 7.89. The highest BCUT2D eigenvalue weighted by atomic mass is 32.2. The van der Waals surface area contributed by atoms with Crippen molar-refractivity contribution < 1.29 is 9.59 Å². The third-order valence-corrected chi connectivity index (χ3v) is 6.44. The van der Waals surface area contributed by atoms with E-state index >= 15 is 0 Å². The molecule has 1 aromatic heterocycles. The van der Waals surface area contributed by atoms with Crippen molar-refractivity contribution in [3.05, 3.63) is 45.8 Å². The van der Waals surface area contributed by atoms with Crippen LogP contribution in [0, 0.1) is 0 Å². The molecule has 3 nitrogen and oxygen atoms in total. The van der Waals surface area contributed by atoms with Crippen molar-refractivity contribution >= 4 is 35.1 Å². The fraction of sp³-hybridized carbons (Fsp3) is 0.444. The van der Waals surface area contributed by atoms with Crippen molar-refractivity contribution in [2.75, 3.05) is 23.0 Å². The number of H-pyrrole nitrogens is 1. The summed E-state index contributed by atoms with van der Waals surface area (Å²) >= 11 is 3.46. The fourth-order valence-electron chi connectivity index (χ4n) is 2.92. The molecule has 1 N–H and O–H groups in total. The van der Waals surface area contributed by atoms with E-state index in [2.05, 4.69) is 17.1 Å². The van der Waals surface area contributed by atoms with Gasteiger partial charge in [-0.05, 0) is 50.3 Å². The molecule has 0 aromatic carbocycles. The van der Waals surface area contributed by atoms with Gasteiger partial charge in [-0.15, -0.1) is 0 Å². The second-order valence-corrected chi connectivity index (χ2v) is 8.19. The molecular formula is C18H21NO2S2. The highest BCUT2D eigenvalue weighted by Gasteiger charge is 2.29. The van der Waals surface area contributed by atoms with E-state index in [1.54, 1.807) is 37.4 Å². The number of fused-ring (bicyclic) bond motifs is 4. The number of carbonyl (C=O) groups is 2. The van der Waals surface area contributed by atoms with Crippen LogP contribution in [0.4, 0.5) is 0 Å². The van der Waals surface area contributed by atoms with E-state index in [1.165, 1.54) is 11.4 Å². The lowest BCUT2D eigenvalue weighted by Gasteiger charge is -2.20. The number of aryl methyl sites for hydroxylation is 2. The van der Waals surface area contributed by atoms with Crippen molar-refractivity contribution in [1.82, 2.24) is 4.98 Å². The van der Waals surface area contributed by atoms with E-state index in [9.17, 15) is 9.59 Å². The Balaban J connectivity index is 1.85. The number of nitrogens with one attached hydrogen (secondary N) is 1. The van der Waals surface area contributed by atoms with E-state index in [4.69, 9.17) is 0 Å². The summed E-state index contributed by atoms with van der Waals surface area (Å²) in [7, 11) is 0. The molecule has 0 radical (unpaired) electrons. The number of hydrogen-bond donors (Lipinski definition) is 1. The summed E-state index contributed by atoms with van der Waals surface area (Å²) < 4.78 is 0. The first kappa shape index (κ1) is 16.7. The number of aromatic amines is 1. The van der Waals surface area contributed by atoms with Gasteiger partial charge in [0.05, 0.1) is 0 Å². The molecule has 0 fully saturated rings. The molecule has 0 amide bonds. The van der Waals surface area contributed by atoms with E-state index in [-0.39, 0.29) is 11.6 Å². The summed E-state index contributed by atoms with van der Waals surface area (Å²) in [5.74, 6) is 3.30. The van der Waals surface area contributed by atoms with Gasteiger partial charge in [-0.1, -0.05) is 0 Å². The Morgan fingerprint density at radius 2 is 1.30 bits per heavy atom. The van der Waals surface area contributed by atoms with Gasteiger partial charge < -0.3 is 4.98 Å². The van der Waals surface area contributed by atoms with Crippen LogP contribution in [0.1, 0.15) is 25.2 Å². The second-order valence-electron chi connectivity index (χ2n) is 5.98. The number of rotatable bonds is 0. The van der Waals surface area contributed by atoms with Crippen LogP contribution >= 0.6 is 23.5 Å². The third kappa shape index (κ3) is 3.50. The highest BCUT2D eigenvalue weighted by Crippen LogP contribution is 2.29. The minimum absolute atomic E-state index is 0.0510. The van der Waals surface area contributed by atoms with Crippen LogP contribution in [0.25, 0.3) is 0 Å². The smallest absolute Gasteiger partial charge is 0.187 e. The monoisotopic (exact) mass is 347 g/mol. The average molecular weight is 348 g/mol. The number of allylic oxidation sites excluding steroid dienone is 2. The molecule has 1 aliphatic carbocycles. The van der Waals surface area contributed by atoms with E-state index in [0.29, 0.717) is 33.8 Å². The van der Waals surface area contributed by atoms with Gasteiger partial charge in [-0.25, -0.2) is 0 Å². The summed E-state index contributed by atoms with van der Waals surface area (Å²) in [4.78, 5) is 28.7. The molecule has 122 valence electrons. The molecular weight excluding hydrogens is 326 g/mol. The minimum Gasteiger partial charge on any atom is -0.362 e. The van der Waals surface area contributed by atoms with Gasteiger partial charge in [0.1, 0.15) is 0 Å². The Morgan fingerprint density at radius 1 is 0.826 bits per heavy atom. The van der Waals surface area contributed by atoms with Gasteiger partial charge in [0, 0.05) is 45.2 Å². The Kier molecular flexibility index (Phi) is 5.17. The summed E-state index contributed by atoms with van der Waals surface area (Å²) in [6.07, 6.45) is 1.93. The maximum atomic E-state index is 12.8. The van der Waals surface area contributed by atoms with Gasteiger partial charge in [0.2, 0.25) is 0 Å². The normalized spacial score (nSPS) is 20.8. The van der Waals surface area contributed by atoms with Crippen LogP contribution in [0.15, 0.2) is 34.4 Å². The predicted octanol–water partition coefficient (Wildman–Crippen LogP) is 3.36. The highest BCUT2D eigenvalue weighted by molar-refractivity contribution is 7.99. The van der Waals surface area contributed by atoms with Crippen molar-refractivity contribution in [1.29, 1.82) is 0 Å². The Hall–Kier alpha value is -1.20. The summed E-state index contributed by atoms with van der Waals surface area (Å²) in [6, 6.07) is 4.31. The molecule has 5 heteroatoms. The summed E-state index contributed by atoms with van der Waals surface area (Å²) in [6.45, 7) is 3.59. The maximum absolute atomic E-state index is 12.8. The van der Waals surface area contributed by atoms with E-state index in [0.717, 1.165) is 24.3 Å². The van der Waals surface area contributed by atoms with Crippen molar-refractivity contribution in [3.63, 3.8) is 0 Å². The molecule has 0 atom stereocenters. The number of ketones is 2. The quantitative estimate of drug-likeness (QED) is 0.731. The van der Waals surface area contributed by atoms with Crippen LogP contribution in [-0.2, 0) is 22.4 Å². The van der Waals surface area contributed by atoms with Gasteiger partial charge >= 0.3 is 0 Å². The van der Waals surface area contributed by atoms with Gasteiger partial charge in [0.15, 0.2) is 11.6 Å². The number of hydrogen-bond acceptors (Lipinski definition) is 4. The van der Waals surface area contributed by atoms with Crippen LogP contribution < -0.4 is 0 Å². The first-order valence-corrected chi connectivity index (χ1v) is 10.2. The third-order valence-electron chi connectivity index (χ3n) is 4.47. The second kappa shape index (κ2) is 7.14. The first-order chi connectivity index (χ1) is 11.1. The molecule has 2 heterocycles. The largest absolute Gasteiger partial charge is 0.362 e. The van der Waals surface area contributed by atoms with E-state index in [1.807, 2.05) is 0 Å². The molecule has 4 bridgehead atoms. The predicted molar refractivity (Wildman–Crippen MR) is 98.3 cm³/mol. The Labute approximate surface area is 145 Å². The fourth-order valence-corrected chi connectivity index (χ4v) is 5.04. The zero-order chi connectivity index (χ0) is 16.4. The molecule has 1 aliphatic heterocycles. The Bertz CT molecular complexity index is 658. The zero-order valence-electron chi connectivity index (χ0n) is 13.5. The molecule has 23 heavy (non-hydrogen) atoms. The lowest BCUT2D eigenvalue weighted by molar-refractivity contribution is -0.116. The van der Waals surface area contributed by atoms with Gasteiger partial charge in [-0.2, -0.15) is 23.5 Å². The average Bonchev–Trinajstić information content (AvgIpc) is 2.98. The van der Waals surface area contributed by atoms with Crippen LogP contribution in [0.3, 0.4) is 0 Å². The van der Waals surface area contributed by atoms with Crippen LogP contribution in [-0.4, -0.2) is 39.6 Å². The number of aromatic nitrogens is 1. The SMILES string of the molecule is CC1=C2CSCCc3ccc([nH]3)CCSCC(=C(C)C1=O)C2=O. The molecule has 0 saturated heterocycles. The van der Waals surface area contributed by atoms with Crippen molar-refractivity contribution in [3.8, 4) is 0 Å². The molecule has 0 unspecified atom stereocenters. The van der Waals surface area contributed by atoms with Crippen molar-refractivity contribution in [2.45, 2.75) is 26.7 Å². The number of carbonyl (C=O) groups excluding carboxylic acids is 2. The summed E-state index contributed by atoms with van der Waals surface area (Å²) in [5.41, 5.74) is 5.22. The lowest BCUT2D eigenvalue weighted by Crippen LogP contribution is -2.24. The lowest BCUT2D eigenvalue weighted by atomic mass is 9.87. The Morgan fingerprint density at radius 3 is 1.78 bits per heavy atom. The molecule has 0 saturated carbocycles. The maximum Gasteiger partial charge on any atom is 0.187 e. The van der Waals surface area contributed by atoms with Crippen molar-refractivity contribution in [2.24, 2.45) is 0 Å². The molecule has 3 rings (SSSR count). The van der Waals surface area contributed by atoms with Gasteiger partial charge in [-0.3, -0.25) is 9.59 Å². The molecule has 2 aliphatic rings. The van der Waals surface area contributed by atoms with Crippen LogP contribution in [0.2, 0.25) is 0 Å². The molecule has 0 spiro atoms. The topological polar surface area (TPSA) is 49.9 Å². The molecule has 1 aromatic rings. The van der Waals surface area contributed by atoms with Crippen LogP contribution in [0.5, 0.6) is 0 Å². The standard InChI is InChI=1S/C18H21NO2S2/c1-11-15-9-22-7-5-13-3-4-14(19-13)6-8-23-10-16(18(15)21)12(2)17(11)20/h3-4,19H,5-10H2,1-2H3. The number of thioether (sulfide) groups is 2. The summed E-state index contributed by atoms with van der Waals surface area (Å²) in [5, 5.41) is 0. The minimum atomic E-state index is 0.0510. The van der Waals surface area contributed by atoms with Gasteiger partial charge in [0.25, 0.3) is 0 Å². The van der Waals surface area contributed by atoms with E-state index < -0.39 is 0 Å².